The number of aromatic nitrogens is 1. The van der Waals surface area contributed by atoms with E-state index in [4.69, 9.17) is 4.74 Å². The molecule has 0 aliphatic carbocycles. The maximum Gasteiger partial charge on any atom is 0.230 e. The Hall–Kier alpha value is -2.45. The van der Waals surface area contributed by atoms with Gasteiger partial charge in [0.25, 0.3) is 0 Å². The number of anilines is 3. The fourth-order valence-corrected chi connectivity index (χ4v) is 4.17. The smallest absolute Gasteiger partial charge is 0.230 e. The van der Waals surface area contributed by atoms with Crippen molar-refractivity contribution in [1.29, 1.82) is 0 Å². The molecule has 1 aromatic carbocycles. The molecule has 4 rings (SSSR count). The maximum absolute atomic E-state index is 12.3. The van der Waals surface area contributed by atoms with E-state index < -0.39 is 0 Å². The first-order chi connectivity index (χ1) is 13.2. The standard InChI is InChI=1S/C19H22N4O3S/c24-17(12-15-13-27-19(21-15)23-7-1-2-18(23)25)20-14-3-5-16(6-4-14)22-8-10-26-11-9-22/h3-6,13H,1-2,7-12H2,(H,20,24). The van der Waals surface area contributed by atoms with E-state index in [9.17, 15) is 9.59 Å². The topological polar surface area (TPSA) is 74.8 Å². The van der Waals surface area contributed by atoms with Crippen molar-refractivity contribution in [2.45, 2.75) is 19.3 Å². The van der Waals surface area contributed by atoms with Crippen LogP contribution in [0.5, 0.6) is 0 Å². The summed E-state index contributed by atoms with van der Waals surface area (Å²) in [6.45, 7) is 3.98. The molecule has 0 radical (unpaired) electrons. The van der Waals surface area contributed by atoms with Gasteiger partial charge in [-0.05, 0) is 30.7 Å². The molecule has 0 unspecified atom stereocenters. The van der Waals surface area contributed by atoms with Crippen LogP contribution in [0.25, 0.3) is 0 Å². The normalized spacial score (nSPS) is 17.4. The molecule has 1 aromatic heterocycles. The lowest BCUT2D eigenvalue weighted by Gasteiger charge is -2.28. The number of morpholine rings is 1. The van der Waals surface area contributed by atoms with Crippen LogP contribution in [0, 0.1) is 0 Å². The van der Waals surface area contributed by atoms with Gasteiger partial charge in [0.2, 0.25) is 11.8 Å². The fourth-order valence-electron chi connectivity index (χ4n) is 3.30. The van der Waals surface area contributed by atoms with Gasteiger partial charge in [0.15, 0.2) is 5.13 Å². The summed E-state index contributed by atoms with van der Waals surface area (Å²) in [4.78, 5) is 32.5. The van der Waals surface area contributed by atoms with Crippen molar-refractivity contribution >= 4 is 39.7 Å². The van der Waals surface area contributed by atoms with Crippen molar-refractivity contribution in [2.24, 2.45) is 0 Å². The highest BCUT2D eigenvalue weighted by Crippen LogP contribution is 2.25. The lowest BCUT2D eigenvalue weighted by Crippen LogP contribution is -2.36. The fraction of sp³-hybridized carbons (Fsp3) is 0.421. The highest BCUT2D eigenvalue weighted by Gasteiger charge is 2.24. The minimum absolute atomic E-state index is 0.112. The summed E-state index contributed by atoms with van der Waals surface area (Å²) >= 11 is 1.41. The van der Waals surface area contributed by atoms with Crippen LogP contribution in [0.2, 0.25) is 0 Å². The van der Waals surface area contributed by atoms with Crippen LogP contribution >= 0.6 is 11.3 Å². The lowest BCUT2D eigenvalue weighted by atomic mass is 10.2. The molecular weight excluding hydrogens is 364 g/mol. The summed E-state index contributed by atoms with van der Waals surface area (Å²) in [6.07, 6.45) is 1.65. The van der Waals surface area contributed by atoms with Crippen LogP contribution in [0.3, 0.4) is 0 Å². The Kier molecular flexibility index (Phi) is 5.35. The molecule has 7 nitrogen and oxygen atoms in total. The van der Waals surface area contributed by atoms with Gasteiger partial charge in [0, 0.05) is 42.8 Å². The molecule has 0 saturated carbocycles. The molecule has 2 saturated heterocycles. The second-order valence-electron chi connectivity index (χ2n) is 6.64. The molecule has 2 aliphatic rings. The lowest BCUT2D eigenvalue weighted by molar-refractivity contribution is -0.117. The van der Waals surface area contributed by atoms with Crippen molar-refractivity contribution in [2.75, 3.05) is 48.0 Å². The number of ether oxygens (including phenoxy) is 1. The van der Waals surface area contributed by atoms with Crippen molar-refractivity contribution in [1.82, 2.24) is 4.98 Å². The van der Waals surface area contributed by atoms with Gasteiger partial charge in [-0.25, -0.2) is 4.98 Å². The minimum atomic E-state index is -0.112. The monoisotopic (exact) mass is 386 g/mol. The Labute approximate surface area is 161 Å². The molecule has 2 amide bonds. The number of nitrogens with zero attached hydrogens (tertiary/aromatic N) is 3. The van der Waals surface area contributed by atoms with Gasteiger partial charge in [-0.1, -0.05) is 0 Å². The molecule has 2 aromatic rings. The van der Waals surface area contributed by atoms with Crippen molar-refractivity contribution in [3.8, 4) is 0 Å². The third kappa shape index (κ3) is 4.28. The van der Waals surface area contributed by atoms with Crippen LogP contribution in [0.15, 0.2) is 29.6 Å². The zero-order valence-corrected chi connectivity index (χ0v) is 15.8. The molecule has 2 fully saturated rings. The van der Waals surface area contributed by atoms with E-state index in [1.807, 2.05) is 29.6 Å². The number of carbonyl (C=O) groups excluding carboxylic acids is 2. The predicted octanol–water partition coefficient (Wildman–Crippen LogP) is 2.29. The maximum atomic E-state index is 12.3. The molecule has 27 heavy (non-hydrogen) atoms. The Morgan fingerprint density at radius 1 is 1.19 bits per heavy atom. The number of carbonyl (C=O) groups is 2. The molecule has 0 atom stereocenters. The zero-order chi connectivity index (χ0) is 18.6. The number of hydrogen-bond donors (Lipinski definition) is 1. The van der Waals surface area contributed by atoms with Gasteiger partial charge in [-0.2, -0.15) is 0 Å². The molecule has 2 aliphatic heterocycles. The first-order valence-electron chi connectivity index (χ1n) is 9.16. The van der Waals surface area contributed by atoms with Crippen LogP contribution in [-0.2, 0) is 20.7 Å². The quantitative estimate of drug-likeness (QED) is 0.853. The molecule has 1 N–H and O–H groups in total. The number of benzene rings is 1. The van der Waals surface area contributed by atoms with E-state index >= 15 is 0 Å². The van der Waals surface area contributed by atoms with Crippen LogP contribution in [0.4, 0.5) is 16.5 Å². The van der Waals surface area contributed by atoms with Gasteiger partial charge in [-0.3, -0.25) is 14.5 Å². The zero-order valence-electron chi connectivity index (χ0n) is 15.0. The molecular formula is C19H22N4O3S. The number of rotatable bonds is 5. The number of amides is 2. The number of nitrogens with one attached hydrogen (secondary N) is 1. The summed E-state index contributed by atoms with van der Waals surface area (Å²) in [5, 5.41) is 5.45. The van der Waals surface area contributed by atoms with Gasteiger partial charge in [-0.15, -0.1) is 11.3 Å². The number of hydrogen-bond acceptors (Lipinski definition) is 6. The Bertz CT molecular complexity index is 815. The highest BCUT2D eigenvalue weighted by molar-refractivity contribution is 7.14. The third-order valence-corrected chi connectivity index (χ3v) is 5.63. The molecule has 142 valence electrons. The van der Waals surface area contributed by atoms with E-state index in [2.05, 4.69) is 15.2 Å². The van der Waals surface area contributed by atoms with Crippen LogP contribution < -0.4 is 15.1 Å². The second-order valence-corrected chi connectivity index (χ2v) is 7.48. The van der Waals surface area contributed by atoms with Gasteiger partial charge in [0.05, 0.1) is 25.3 Å². The van der Waals surface area contributed by atoms with Crippen molar-refractivity contribution < 1.29 is 14.3 Å². The number of thiazole rings is 1. The van der Waals surface area contributed by atoms with Gasteiger partial charge in [0.1, 0.15) is 0 Å². The first-order valence-corrected chi connectivity index (χ1v) is 10.0. The van der Waals surface area contributed by atoms with E-state index in [0.29, 0.717) is 23.8 Å². The van der Waals surface area contributed by atoms with Crippen LogP contribution in [0.1, 0.15) is 18.5 Å². The van der Waals surface area contributed by atoms with E-state index in [1.54, 1.807) is 4.90 Å². The third-order valence-electron chi connectivity index (χ3n) is 4.71. The molecule has 0 bridgehead atoms. The van der Waals surface area contributed by atoms with Crippen molar-refractivity contribution in [3.63, 3.8) is 0 Å². The van der Waals surface area contributed by atoms with Crippen LogP contribution in [-0.4, -0.2) is 49.6 Å². The Balaban J connectivity index is 1.32. The van der Waals surface area contributed by atoms with E-state index in [0.717, 1.165) is 44.1 Å². The van der Waals surface area contributed by atoms with Crippen molar-refractivity contribution in [3.05, 3.63) is 35.3 Å². The molecule has 8 heteroatoms. The first kappa shape index (κ1) is 17.9. The summed E-state index contributed by atoms with van der Waals surface area (Å²) < 4.78 is 5.37. The highest BCUT2D eigenvalue weighted by atomic mass is 32.1. The summed E-state index contributed by atoms with van der Waals surface area (Å²) in [7, 11) is 0. The van der Waals surface area contributed by atoms with Gasteiger partial charge < -0.3 is 15.0 Å². The van der Waals surface area contributed by atoms with E-state index in [1.165, 1.54) is 11.3 Å². The van der Waals surface area contributed by atoms with E-state index in [-0.39, 0.29) is 18.2 Å². The Morgan fingerprint density at radius 2 is 1.96 bits per heavy atom. The van der Waals surface area contributed by atoms with Gasteiger partial charge >= 0.3 is 0 Å². The predicted molar refractivity (Wildman–Crippen MR) is 106 cm³/mol. The summed E-state index contributed by atoms with van der Waals surface area (Å²) in [5.41, 5.74) is 2.59. The summed E-state index contributed by atoms with van der Waals surface area (Å²) in [5.74, 6) is -0.000528. The molecule has 0 spiro atoms. The largest absolute Gasteiger partial charge is 0.378 e. The SMILES string of the molecule is O=C(Cc1csc(N2CCCC2=O)n1)Nc1ccc(N2CCOCC2)cc1. The Morgan fingerprint density at radius 3 is 2.67 bits per heavy atom. The average molecular weight is 386 g/mol. The summed E-state index contributed by atoms with van der Waals surface area (Å²) in [6, 6.07) is 7.86. The minimum Gasteiger partial charge on any atom is -0.378 e. The average Bonchev–Trinajstić information content (AvgIpc) is 3.31. The second kappa shape index (κ2) is 8.06. The molecule has 3 heterocycles.